The first-order chi connectivity index (χ1) is 16.3. The maximum absolute atomic E-state index is 12.5. The number of benzene rings is 3. The molecule has 34 heavy (non-hydrogen) atoms. The van der Waals surface area contributed by atoms with E-state index in [0.717, 1.165) is 11.1 Å². The molecule has 0 unspecified atom stereocenters. The molecular weight excluding hydrogens is 430 g/mol. The quantitative estimate of drug-likeness (QED) is 0.271. The predicted molar refractivity (Wildman–Crippen MR) is 130 cm³/mol. The summed E-state index contributed by atoms with van der Waals surface area (Å²) in [4.78, 5) is 29.2. The molecule has 6 nitrogen and oxygen atoms in total. The average Bonchev–Trinajstić information content (AvgIpc) is 3.20. The van der Waals surface area contributed by atoms with E-state index < -0.39 is 11.9 Å². The molecule has 0 amide bonds. The number of aryl methyl sites for hydroxylation is 1. The van der Waals surface area contributed by atoms with Crippen molar-refractivity contribution in [2.24, 2.45) is 4.99 Å². The summed E-state index contributed by atoms with van der Waals surface area (Å²) in [5.74, 6) is 0.292. The predicted octanol–water partition coefficient (Wildman–Crippen LogP) is 5.69. The Bertz CT molecular complexity index is 1290. The van der Waals surface area contributed by atoms with E-state index >= 15 is 0 Å². The summed E-state index contributed by atoms with van der Waals surface area (Å²) < 4.78 is 16.3. The van der Waals surface area contributed by atoms with Gasteiger partial charge < -0.3 is 14.2 Å². The van der Waals surface area contributed by atoms with Crippen molar-refractivity contribution >= 4 is 23.9 Å². The molecule has 0 atom stereocenters. The Morgan fingerprint density at radius 1 is 0.971 bits per heavy atom. The summed E-state index contributed by atoms with van der Waals surface area (Å²) >= 11 is 0. The smallest absolute Gasteiger partial charge is 0.363 e. The van der Waals surface area contributed by atoms with Gasteiger partial charge in [-0.2, -0.15) is 0 Å². The van der Waals surface area contributed by atoms with E-state index in [4.69, 9.17) is 14.2 Å². The highest BCUT2D eigenvalue weighted by Gasteiger charge is 2.24. The third-order valence-corrected chi connectivity index (χ3v) is 5.43. The lowest BCUT2D eigenvalue weighted by Gasteiger charge is -2.10. The molecule has 0 bridgehead atoms. The van der Waals surface area contributed by atoms with Gasteiger partial charge in [-0.3, -0.25) is 0 Å². The number of nitrogens with zero attached hydrogens (tertiary/aromatic N) is 1. The molecule has 0 radical (unpaired) electrons. The second-order valence-corrected chi connectivity index (χ2v) is 8.28. The van der Waals surface area contributed by atoms with Gasteiger partial charge in [-0.05, 0) is 66.4 Å². The van der Waals surface area contributed by atoms with Crippen LogP contribution in [0.25, 0.3) is 6.08 Å². The molecule has 0 saturated carbocycles. The molecular formula is C28H25NO5. The number of esters is 2. The fraction of sp³-hybridized carbons (Fsp3) is 0.179. The van der Waals surface area contributed by atoms with E-state index in [1.165, 1.54) is 12.7 Å². The fourth-order valence-corrected chi connectivity index (χ4v) is 3.41. The zero-order valence-corrected chi connectivity index (χ0v) is 19.5. The van der Waals surface area contributed by atoms with Gasteiger partial charge in [0.1, 0.15) is 0 Å². The molecule has 3 aromatic carbocycles. The van der Waals surface area contributed by atoms with E-state index in [9.17, 15) is 9.59 Å². The van der Waals surface area contributed by atoms with E-state index in [1.807, 2.05) is 43.3 Å². The lowest BCUT2D eigenvalue weighted by atomic mass is 10.0. The summed E-state index contributed by atoms with van der Waals surface area (Å²) in [5.41, 5.74) is 4.25. The Morgan fingerprint density at radius 3 is 2.32 bits per heavy atom. The van der Waals surface area contributed by atoms with Crippen molar-refractivity contribution in [1.82, 2.24) is 0 Å². The van der Waals surface area contributed by atoms with Gasteiger partial charge in [-0.25, -0.2) is 14.6 Å². The normalized spacial score (nSPS) is 14.2. The molecule has 6 heteroatoms. The number of rotatable bonds is 6. The third kappa shape index (κ3) is 5.07. The number of ether oxygens (including phenoxy) is 3. The maximum atomic E-state index is 12.5. The first-order valence-corrected chi connectivity index (χ1v) is 10.9. The van der Waals surface area contributed by atoms with Gasteiger partial charge in [0.05, 0.1) is 12.7 Å². The summed E-state index contributed by atoms with van der Waals surface area (Å²) in [6.07, 6.45) is 1.60. The molecule has 0 fully saturated rings. The lowest BCUT2D eigenvalue weighted by molar-refractivity contribution is -0.129. The van der Waals surface area contributed by atoms with Crippen LogP contribution in [0.1, 0.15) is 52.4 Å². The molecule has 1 aliphatic rings. The van der Waals surface area contributed by atoms with Crippen molar-refractivity contribution in [3.05, 3.63) is 100 Å². The molecule has 0 spiro atoms. The Balaban J connectivity index is 1.54. The van der Waals surface area contributed by atoms with E-state index in [-0.39, 0.29) is 17.3 Å². The second kappa shape index (κ2) is 9.75. The molecule has 172 valence electrons. The topological polar surface area (TPSA) is 74.2 Å². The minimum atomic E-state index is -0.531. The number of carbonyl (C=O) groups is 2. The van der Waals surface area contributed by atoms with Crippen LogP contribution >= 0.6 is 0 Å². The second-order valence-electron chi connectivity index (χ2n) is 8.28. The van der Waals surface area contributed by atoms with Crippen LogP contribution in [0, 0.1) is 6.92 Å². The highest BCUT2D eigenvalue weighted by molar-refractivity contribution is 6.12. The standard InChI is InChI=1S/C28H25NO5/c1-17(2)20-10-12-21(13-11-20)26-29-23(28(31)34-26)15-19-7-14-24(25(16-19)32-4)33-27(30)22-8-5-18(3)6-9-22/h5-17H,1-4H3/b23-15-. The van der Waals surface area contributed by atoms with Crippen molar-refractivity contribution in [3.8, 4) is 11.5 Å². The number of cyclic esters (lactones) is 1. The zero-order chi connectivity index (χ0) is 24.2. The van der Waals surface area contributed by atoms with E-state index in [2.05, 4.69) is 18.8 Å². The fourth-order valence-electron chi connectivity index (χ4n) is 3.41. The minimum Gasteiger partial charge on any atom is -0.493 e. The van der Waals surface area contributed by atoms with E-state index in [1.54, 1.807) is 36.4 Å². The van der Waals surface area contributed by atoms with Gasteiger partial charge in [-0.15, -0.1) is 0 Å². The van der Waals surface area contributed by atoms with Crippen LogP contribution in [0.3, 0.4) is 0 Å². The van der Waals surface area contributed by atoms with Gasteiger partial charge in [0, 0.05) is 5.56 Å². The van der Waals surface area contributed by atoms with Crippen LogP contribution in [0.2, 0.25) is 0 Å². The van der Waals surface area contributed by atoms with Crippen LogP contribution in [0.5, 0.6) is 11.5 Å². The number of carbonyl (C=O) groups excluding carboxylic acids is 2. The van der Waals surface area contributed by atoms with Gasteiger partial charge >= 0.3 is 11.9 Å². The number of methoxy groups -OCH3 is 1. The molecule has 4 rings (SSSR count). The summed E-state index contributed by atoms with van der Waals surface area (Å²) in [7, 11) is 1.48. The van der Waals surface area contributed by atoms with E-state index in [0.29, 0.717) is 22.8 Å². The SMILES string of the molecule is COc1cc(/C=C2\N=C(c3ccc(C(C)C)cc3)OC2=O)ccc1OC(=O)c1ccc(C)cc1. The largest absolute Gasteiger partial charge is 0.493 e. The Kier molecular flexibility index (Phi) is 6.59. The summed E-state index contributed by atoms with van der Waals surface area (Å²) in [5, 5.41) is 0. The first-order valence-electron chi connectivity index (χ1n) is 10.9. The van der Waals surface area contributed by atoms with Crippen molar-refractivity contribution in [2.45, 2.75) is 26.7 Å². The van der Waals surface area contributed by atoms with Crippen LogP contribution in [-0.4, -0.2) is 24.9 Å². The zero-order valence-electron chi connectivity index (χ0n) is 19.5. The number of hydrogen-bond donors (Lipinski definition) is 0. The highest BCUT2D eigenvalue weighted by Crippen LogP contribution is 2.30. The minimum absolute atomic E-state index is 0.175. The molecule has 1 heterocycles. The van der Waals surface area contributed by atoms with Gasteiger partial charge in [-0.1, -0.05) is 49.7 Å². The van der Waals surface area contributed by atoms with Crippen LogP contribution in [-0.2, 0) is 9.53 Å². The van der Waals surface area contributed by atoms with Crippen LogP contribution in [0.15, 0.2) is 77.4 Å². The number of aliphatic imine (C=N–C) groups is 1. The molecule has 3 aromatic rings. The average molecular weight is 456 g/mol. The van der Waals surface area contributed by atoms with Gasteiger partial charge in [0.2, 0.25) is 5.90 Å². The van der Waals surface area contributed by atoms with Crippen molar-refractivity contribution < 1.29 is 23.8 Å². The van der Waals surface area contributed by atoms with Crippen LogP contribution in [0.4, 0.5) is 0 Å². The van der Waals surface area contributed by atoms with Gasteiger partial charge in [0.15, 0.2) is 17.2 Å². The maximum Gasteiger partial charge on any atom is 0.363 e. The summed E-state index contributed by atoms with van der Waals surface area (Å²) in [6, 6.07) is 19.9. The molecule has 1 aliphatic heterocycles. The highest BCUT2D eigenvalue weighted by atomic mass is 16.6. The molecule has 0 N–H and O–H groups in total. The Labute approximate surface area is 198 Å². The summed E-state index contributed by atoms with van der Waals surface area (Å²) in [6.45, 7) is 6.18. The Hall–Kier alpha value is -4.19. The van der Waals surface area contributed by atoms with Crippen molar-refractivity contribution in [1.29, 1.82) is 0 Å². The molecule has 0 aromatic heterocycles. The van der Waals surface area contributed by atoms with Crippen molar-refractivity contribution in [2.75, 3.05) is 7.11 Å². The first kappa shape index (κ1) is 23.0. The van der Waals surface area contributed by atoms with Crippen LogP contribution < -0.4 is 9.47 Å². The Morgan fingerprint density at radius 2 is 1.68 bits per heavy atom. The van der Waals surface area contributed by atoms with Gasteiger partial charge in [0.25, 0.3) is 0 Å². The monoisotopic (exact) mass is 455 g/mol. The lowest BCUT2D eigenvalue weighted by Crippen LogP contribution is -2.09. The third-order valence-electron chi connectivity index (χ3n) is 5.43. The number of hydrogen-bond acceptors (Lipinski definition) is 6. The molecule has 0 aliphatic carbocycles. The van der Waals surface area contributed by atoms with Crippen molar-refractivity contribution in [3.63, 3.8) is 0 Å². The molecule has 0 saturated heterocycles.